The van der Waals surface area contributed by atoms with Crippen LogP contribution in [0.5, 0.6) is 5.75 Å². The third-order valence-corrected chi connectivity index (χ3v) is 5.03. The number of allylic oxidation sites excluding steroid dienone is 3. The van der Waals surface area contributed by atoms with Gasteiger partial charge in [-0.2, -0.15) is 0 Å². The maximum Gasteiger partial charge on any atom is 0.169 e. The van der Waals surface area contributed by atoms with E-state index < -0.39 is 0 Å². The van der Waals surface area contributed by atoms with Crippen molar-refractivity contribution in [1.29, 1.82) is 0 Å². The Labute approximate surface area is 148 Å². The third kappa shape index (κ3) is 4.05. The van der Waals surface area contributed by atoms with E-state index in [0.717, 1.165) is 51.8 Å². The SMILES string of the molecule is CCC(CC)/C(=C/C(C)=[NH2+])C1=C=NC(C)=C(c2cc(OC)cs2)N1. The zero-order valence-corrected chi connectivity index (χ0v) is 15.9. The zero-order valence-electron chi connectivity index (χ0n) is 15.1. The number of nitrogens with two attached hydrogens (primary N) is 1. The molecular weight excluding hydrogens is 318 g/mol. The van der Waals surface area contributed by atoms with Crippen LogP contribution in [0.25, 0.3) is 5.70 Å². The van der Waals surface area contributed by atoms with Crippen molar-refractivity contribution in [3.63, 3.8) is 0 Å². The summed E-state index contributed by atoms with van der Waals surface area (Å²) >= 11 is 1.64. The number of methoxy groups -OCH3 is 1. The summed E-state index contributed by atoms with van der Waals surface area (Å²) in [6.45, 7) is 8.29. The van der Waals surface area contributed by atoms with Crippen LogP contribution in [0, 0.1) is 5.92 Å². The van der Waals surface area contributed by atoms with Crippen molar-refractivity contribution in [3.05, 3.63) is 39.4 Å². The first kappa shape index (κ1) is 18.2. The number of nitrogens with zero attached hydrogens (tertiary/aromatic N) is 1. The van der Waals surface area contributed by atoms with Gasteiger partial charge in [0.15, 0.2) is 5.71 Å². The molecule has 0 radical (unpaired) electrons. The fourth-order valence-corrected chi connectivity index (χ4v) is 3.65. The fraction of sp³-hybridized carbons (Fsp3) is 0.421. The molecule has 2 heterocycles. The van der Waals surface area contributed by atoms with Gasteiger partial charge >= 0.3 is 0 Å². The lowest BCUT2D eigenvalue weighted by molar-refractivity contribution is -0.112. The van der Waals surface area contributed by atoms with E-state index in [0.29, 0.717) is 5.92 Å². The van der Waals surface area contributed by atoms with Crippen molar-refractivity contribution < 1.29 is 10.1 Å². The number of aliphatic imine (C=N–C) groups is 1. The highest BCUT2D eigenvalue weighted by atomic mass is 32.1. The van der Waals surface area contributed by atoms with Crippen LogP contribution < -0.4 is 15.5 Å². The standard InChI is InChI=1S/C19H25N3OS/c1-6-14(7-2)16(8-12(3)20)17-10-21-13(4)19(22-17)18-9-15(23-5)11-24-18/h8-9,11,14,20,22H,6-7H2,1-5H3/p+1/b16-8-,20-12?. The molecule has 0 aromatic carbocycles. The molecule has 0 fully saturated rings. The van der Waals surface area contributed by atoms with Crippen molar-refractivity contribution >= 4 is 28.6 Å². The quantitative estimate of drug-likeness (QED) is 0.746. The Balaban J connectivity index is 2.39. The largest absolute Gasteiger partial charge is 0.496 e. The van der Waals surface area contributed by atoms with Crippen LogP contribution >= 0.6 is 11.3 Å². The summed E-state index contributed by atoms with van der Waals surface area (Å²) in [5.74, 6) is 4.44. The van der Waals surface area contributed by atoms with Crippen LogP contribution in [-0.2, 0) is 0 Å². The zero-order chi connectivity index (χ0) is 17.7. The summed E-state index contributed by atoms with van der Waals surface area (Å²) in [6, 6.07) is 2.02. The van der Waals surface area contributed by atoms with Gasteiger partial charge in [-0.1, -0.05) is 13.8 Å². The molecule has 0 saturated heterocycles. The van der Waals surface area contributed by atoms with Gasteiger partial charge in [0.25, 0.3) is 0 Å². The number of thiophene rings is 1. The van der Waals surface area contributed by atoms with Crippen LogP contribution in [0.2, 0.25) is 0 Å². The molecule has 4 nitrogen and oxygen atoms in total. The molecule has 2 rings (SSSR count). The Morgan fingerprint density at radius 1 is 1.46 bits per heavy atom. The second-order valence-electron chi connectivity index (χ2n) is 5.89. The summed E-state index contributed by atoms with van der Waals surface area (Å²) in [5.41, 5.74) is 4.78. The van der Waals surface area contributed by atoms with E-state index in [4.69, 9.17) is 10.1 Å². The highest BCUT2D eigenvalue weighted by molar-refractivity contribution is 7.11. The first-order valence-electron chi connectivity index (χ1n) is 8.25. The number of hydrogen-bond acceptors (Lipinski definition) is 4. The molecule has 0 saturated carbocycles. The molecule has 3 N–H and O–H groups in total. The first-order chi connectivity index (χ1) is 11.5. The molecule has 1 aliphatic rings. The van der Waals surface area contributed by atoms with E-state index in [1.165, 1.54) is 0 Å². The van der Waals surface area contributed by atoms with Gasteiger partial charge in [-0.15, -0.1) is 11.3 Å². The minimum atomic E-state index is 0.422. The van der Waals surface area contributed by atoms with E-state index in [2.05, 4.69) is 30.0 Å². The number of ether oxygens (including phenoxy) is 1. The molecule has 24 heavy (non-hydrogen) atoms. The number of nitrogens with one attached hydrogen (secondary N) is 1. The van der Waals surface area contributed by atoms with Crippen molar-refractivity contribution in [2.75, 3.05) is 7.11 Å². The van der Waals surface area contributed by atoms with Crippen LogP contribution in [0.15, 0.2) is 39.5 Å². The van der Waals surface area contributed by atoms with Crippen LogP contribution in [0.3, 0.4) is 0 Å². The number of hydrogen-bond donors (Lipinski definition) is 2. The molecule has 1 aromatic rings. The molecule has 128 valence electrons. The Morgan fingerprint density at radius 3 is 2.71 bits per heavy atom. The second-order valence-corrected chi connectivity index (χ2v) is 6.80. The third-order valence-electron chi connectivity index (χ3n) is 4.10. The minimum absolute atomic E-state index is 0.422. The van der Waals surface area contributed by atoms with Crippen molar-refractivity contribution in [3.8, 4) is 5.75 Å². The lowest BCUT2D eigenvalue weighted by atomic mass is 9.90. The average Bonchev–Trinajstić information content (AvgIpc) is 3.04. The van der Waals surface area contributed by atoms with Crippen molar-refractivity contribution in [2.24, 2.45) is 10.9 Å². The molecule has 0 unspecified atom stereocenters. The normalized spacial score (nSPS) is 14.8. The molecule has 5 heteroatoms. The lowest BCUT2D eigenvalue weighted by Gasteiger charge is -2.22. The van der Waals surface area contributed by atoms with Gasteiger partial charge in [-0.25, -0.2) is 4.99 Å². The molecular formula is C19H26N3OS+. The Bertz CT molecular complexity index is 744. The van der Waals surface area contributed by atoms with Gasteiger partial charge in [0.2, 0.25) is 0 Å². The highest BCUT2D eigenvalue weighted by Crippen LogP contribution is 2.32. The Morgan fingerprint density at radius 2 is 2.17 bits per heavy atom. The van der Waals surface area contributed by atoms with Gasteiger partial charge in [-0.05, 0) is 31.3 Å². The summed E-state index contributed by atoms with van der Waals surface area (Å²) in [4.78, 5) is 5.59. The Hall–Kier alpha value is -2.10. The smallest absolute Gasteiger partial charge is 0.169 e. The number of rotatable bonds is 7. The van der Waals surface area contributed by atoms with Crippen LogP contribution in [-0.4, -0.2) is 18.7 Å². The molecule has 1 aliphatic heterocycles. The van der Waals surface area contributed by atoms with Gasteiger partial charge in [-0.3, -0.25) is 5.41 Å². The summed E-state index contributed by atoms with van der Waals surface area (Å²) in [5, 5.41) is 11.5. The van der Waals surface area contributed by atoms with Gasteiger partial charge in [0.05, 0.1) is 23.4 Å². The fourth-order valence-electron chi connectivity index (χ4n) is 2.74. The minimum Gasteiger partial charge on any atom is -0.496 e. The molecule has 0 amide bonds. The lowest BCUT2D eigenvalue weighted by Crippen LogP contribution is -2.37. The van der Waals surface area contributed by atoms with Gasteiger partial charge < -0.3 is 10.1 Å². The van der Waals surface area contributed by atoms with E-state index >= 15 is 0 Å². The summed E-state index contributed by atoms with van der Waals surface area (Å²) < 4.78 is 5.30. The van der Waals surface area contributed by atoms with E-state index in [-0.39, 0.29) is 0 Å². The molecule has 1 aromatic heterocycles. The van der Waals surface area contributed by atoms with E-state index in [1.807, 2.05) is 31.4 Å². The average molecular weight is 345 g/mol. The predicted molar refractivity (Wildman–Crippen MR) is 102 cm³/mol. The molecule has 0 bridgehead atoms. The van der Waals surface area contributed by atoms with Crippen molar-refractivity contribution in [1.82, 2.24) is 5.32 Å². The van der Waals surface area contributed by atoms with Crippen molar-refractivity contribution in [2.45, 2.75) is 40.5 Å². The Kier molecular flexibility index (Phi) is 6.18. The predicted octanol–water partition coefficient (Wildman–Crippen LogP) is 3.18. The maximum absolute atomic E-state index is 5.96. The van der Waals surface area contributed by atoms with E-state index in [9.17, 15) is 0 Å². The van der Waals surface area contributed by atoms with Gasteiger partial charge in [0, 0.05) is 30.3 Å². The summed E-state index contributed by atoms with van der Waals surface area (Å²) in [7, 11) is 1.68. The van der Waals surface area contributed by atoms with E-state index in [1.54, 1.807) is 18.4 Å². The maximum atomic E-state index is 5.96. The highest BCUT2D eigenvalue weighted by Gasteiger charge is 2.21. The van der Waals surface area contributed by atoms with Gasteiger partial charge in [0.1, 0.15) is 11.4 Å². The first-order valence-corrected chi connectivity index (χ1v) is 9.13. The molecule has 0 spiro atoms. The molecule has 0 atom stereocenters. The van der Waals surface area contributed by atoms with Crippen LogP contribution in [0.1, 0.15) is 45.4 Å². The topological polar surface area (TPSA) is 59.2 Å². The molecule has 0 aliphatic carbocycles. The van der Waals surface area contributed by atoms with Crippen LogP contribution in [0.4, 0.5) is 0 Å². The summed E-state index contributed by atoms with van der Waals surface area (Å²) in [6.07, 6.45) is 4.14. The second kappa shape index (κ2) is 8.13. The monoisotopic (exact) mass is 344 g/mol.